The molecule has 2 N–H and O–H groups in total. The molecule has 0 radical (unpaired) electrons. The molecule has 19 heavy (non-hydrogen) atoms. The topological polar surface area (TPSA) is 29.3 Å². The van der Waals surface area contributed by atoms with Crippen molar-refractivity contribution in [3.63, 3.8) is 0 Å². The van der Waals surface area contributed by atoms with Gasteiger partial charge in [-0.3, -0.25) is 0 Å². The Balaban J connectivity index is 2.35. The Bertz CT molecular complexity index is 579. The first kappa shape index (κ1) is 13.6. The van der Waals surface area contributed by atoms with E-state index in [-0.39, 0.29) is 11.9 Å². The molecule has 0 bridgehead atoms. The summed E-state index contributed by atoms with van der Waals surface area (Å²) in [4.78, 5) is 2.03. The molecule has 100 valence electrons. The molecular weight excluding hydrogens is 239 g/mol. The van der Waals surface area contributed by atoms with E-state index in [0.717, 1.165) is 16.8 Å². The lowest BCUT2D eigenvalue weighted by Crippen LogP contribution is -2.14. The Morgan fingerprint density at radius 1 is 1.05 bits per heavy atom. The second-order valence-corrected chi connectivity index (χ2v) is 4.98. The first-order valence-corrected chi connectivity index (χ1v) is 6.28. The minimum Gasteiger partial charge on any atom is -0.378 e. The third-order valence-electron chi connectivity index (χ3n) is 3.29. The monoisotopic (exact) mass is 258 g/mol. The summed E-state index contributed by atoms with van der Waals surface area (Å²) in [6.45, 7) is 1.75. The average molecular weight is 258 g/mol. The fourth-order valence-electron chi connectivity index (χ4n) is 2.05. The van der Waals surface area contributed by atoms with Gasteiger partial charge in [0, 0.05) is 19.8 Å². The van der Waals surface area contributed by atoms with Crippen molar-refractivity contribution in [3.05, 3.63) is 65.0 Å². The van der Waals surface area contributed by atoms with Crippen LogP contribution in [-0.2, 0) is 0 Å². The van der Waals surface area contributed by atoms with E-state index in [1.807, 2.05) is 43.3 Å². The zero-order chi connectivity index (χ0) is 14.0. The van der Waals surface area contributed by atoms with Crippen LogP contribution in [0.15, 0.2) is 42.5 Å². The summed E-state index contributed by atoms with van der Waals surface area (Å²) >= 11 is 0. The van der Waals surface area contributed by atoms with Crippen molar-refractivity contribution in [2.24, 2.45) is 5.73 Å². The van der Waals surface area contributed by atoms with Gasteiger partial charge in [-0.05, 0) is 41.8 Å². The van der Waals surface area contributed by atoms with Gasteiger partial charge in [0.2, 0.25) is 0 Å². The Hall–Kier alpha value is -1.87. The van der Waals surface area contributed by atoms with Crippen molar-refractivity contribution in [1.82, 2.24) is 0 Å². The number of anilines is 1. The Labute approximate surface area is 113 Å². The average Bonchev–Trinajstić information content (AvgIpc) is 2.41. The van der Waals surface area contributed by atoms with E-state index in [0.29, 0.717) is 5.56 Å². The normalized spacial score (nSPS) is 12.3. The number of nitrogens with two attached hydrogens (primary N) is 1. The Morgan fingerprint density at radius 3 is 2.37 bits per heavy atom. The minimum absolute atomic E-state index is 0.196. The molecule has 0 saturated heterocycles. The molecule has 0 aliphatic rings. The summed E-state index contributed by atoms with van der Waals surface area (Å²) in [5.74, 6) is -0.196. The van der Waals surface area contributed by atoms with E-state index < -0.39 is 0 Å². The molecule has 2 aromatic rings. The molecule has 1 unspecified atom stereocenters. The van der Waals surface area contributed by atoms with Crippen molar-refractivity contribution in [2.75, 3.05) is 19.0 Å². The van der Waals surface area contributed by atoms with Gasteiger partial charge in [-0.2, -0.15) is 0 Å². The van der Waals surface area contributed by atoms with Gasteiger partial charge in [-0.15, -0.1) is 0 Å². The third-order valence-corrected chi connectivity index (χ3v) is 3.29. The van der Waals surface area contributed by atoms with Crippen LogP contribution in [0.25, 0.3) is 0 Å². The number of hydrogen-bond acceptors (Lipinski definition) is 2. The molecular formula is C16H19FN2. The molecule has 0 heterocycles. The third kappa shape index (κ3) is 2.93. The highest BCUT2D eigenvalue weighted by Gasteiger charge is 2.11. The van der Waals surface area contributed by atoms with Crippen LogP contribution in [0, 0.1) is 12.7 Å². The summed E-state index contributed by atoms with van der Waals surface area (Å²) < 4.78 is 13.3. The standard InChI is InChI=1S/C16H19FN2/c1-11-9-13(7-8-15(11)17)16(18)12-5-4-6-14(10-12)19(2)3/h4-10,16H,18H2,1-3H3. The Morgan fingerprint density at radius 2 is 1.74 bits per heavy atom. The molecule has 0 aliphatic carbocycles. The molecule has 0 aliphatic heterocycles. The first-order valence-electron chi connectivity index (χ1n) is 6.28. The van der Waals surface area contributed by atoms with E-state index >= 15 is 0 Å². The maximum atomic E-state index is 13.3. The van der Waals surface area contributed by atoms with E-state index in [1.54, 1.807) is 13.0 Å². The predicted octanol–water partition coefficient (Wildman–Crippen LogP) is 3.25. The van der Waals surface area contributed by atoms with Crippen molar-refractivity contribution in [2.45, 2.75) is 13.0 Å². The summed E-state index contributed by atoms with van der Waals surface area (Å²) in [7, 11) is 3.99. The van der Waals surface area contributed by atoms with E-state index in [2.05, 4.69) is 6.07 Å². The number of rotatable bonds is 3. The quantitative estimate of drug-likeness (QED) is 0.915. The van der Waals surface area contributed by atoms with Crippen molar-refractivity contribution in [1.29, 1.82) is 0 Å². The fraction of sp³-hybridized carbons (Fsp3) is 0.250. The van der Waals surface area contributed by atoms with Gasteiger partial charge in [0.05, 0.1) is 6.04 Å². The van der Waals surface area contributed by atoms with Crippen LogP contribution in [0.5, 0.6) is 0 Å². The molecule has 2 aromatic carbocycles. The second-order valence-electron chi connectivity index (χ2n) is 4.98. The van der Waals surface area contributed by atoms with E-state index in [4.69, 9.17) is 5.73 Å². The van der Waals surface area contributed by atoms with Crippen molar-refractivity contribution >= 4 is 5.69 Å². The number of halogens is 1. The number of benzene rings is 2. The first-order chi connectivity index (χ1) is 8.99. The lowest BCUT2D eigenvalue weighted by atomic mass is 9.97. The summed E-state index contributed by atoms with van der Waals surface area (Å²) in [6, 6.07) is 12.9. The number of aryl methyl sites for hydroxylation is 1. The van der Waals surface area contributed by atoms with Gasteiger partial charge in [0.1, 0.15) is 5.82 Å². The molecule has 0 spiro atoms. The molecule has 0 fully saturated rings. The van der Waals surface area contributed by atoms with Gasteiger partial charge in [0.25, 0.3) is 0 Å². The number of hydrogen-bond donors (Lipinski definition) is 1. The maximum absolute atomic E-state index is 13.3. The van der Waals surface area contributed by atoms with Crippen LogP contribution in [0.3, 0.4) is 0 Å². The van der Waals surface area contributed by atoms with Crippen LogP contribution < -0.4 is 10.6 Å². The Kier molecular flexibility index (Phi) is 3.86. The zero-order valence-electron chi connectivity index (χ0n) is 11.5. The molecule has 1 atom stereocenters. The van der Waals surface area contributed by atoms with Gasteiger partial charge < -0.3 is 10.6 Å². The van der Waals surface area contributed by atoms with E-state index in [1.165, 1.54) is 6.07 Å². The molecule has 0 amide bonds. The lowest BCUT2D eigenvalue weighted by Gasteiger charge is -2.17. The van der Waals surface area contributed by atoms with Crippen molar-refractivity contribution in [3.8, 4) is 0 Å². The van der Waals surface area contributed by atoms with Gasteiger partial charge in [0.15, 0.2) is 0 Å². The molecule has 3 heteroatoms. The summed E-state index contributed by atoms with van der Waals surface area (Å²) in [5.41, 5.74) is 9.94. The van der Waals surface area contributed by atoms with Crippen molar-refractivity contribution < 1.29 is 4.39 Å². The number of nitrogens with zero attached hydrogens (tertiary/aromatic N) is 1. The second kappa shape index (κ2) is 5.41. The fourth-order valence-corrected chi connectivity index (χ4v) is 2.05. The van der Waals surface area contributed by atoms with Crippen LogP contribution in [0.1, 0.15) is 22.7 Å². The van der Waals surface area contributed by atoms with Crippen LogP contribution in [0.4, 0.5) is 10.1 Å². The van der Waals surface area contributed by atoms with Gasteiger partial charge in [-0.25, -0.2) is 4.39 Å². The van der Waals surface area contributed by atoms with Crippen LogP contribution >= 0.6 is 0 Å². The largest absolute Gasteiger partial charge is 0.378 e. The van der Waals surface area contributed by atoms with Crippen LogP contribution in [-0.4, -0.2) is 14.1 Å². The minimum atomic E-state index is -0.237. The maximum Gasteiger partial charge on any atom is 0.126 e. The molecule has 2 rings (SSSR count). The molecule has 0 saturated carbocycles. The van der Waals surface area contributed by atoms with Gasteiger partial charge in [-0.1, -0.05) is 24.3 Å². The molecule has 0 aromatic heterocycles. The van der Waals surface area contributed by atoms with Crippen LogP contribution in [0.2, 0.25) is 0 Å². The summed E-state index contributed by atoms with van der Waals surface area (Å²) in [6.07, 6.45) is 0. The smallest absolute Gasteiger partial charge is 0.126 e. The van der Waals surface area contributed by atoms with Gasteiger partial charge >= 0.3 is 0 Å². The zero-order valence-corrected chi connectivity index (χ0v) is 11.5. The SMILES string of the molecule is Cc1cc(C(N)c2cccc(N(C)C)c2)ccc1F. The molecule has 2 nitrogen and oxygen atoms in total. The van der Waals surface area contributed by atoms with E-state index in [9.17, 15) is 4.39 Å². The highest BCUT2D eigenvalue weighted by Crippen LogP contribution is 2.24. The lowest BCUT2D eigenvalue weighted by molar-refractivity contribution is 0.617. The predicted molar refractivity (Wildman–Crippen MR) is 77.9 cm³/mol. The highest BCUT2D eigenvalue weighted by atomic mass is 19.1. The highest BCUT2D eigenvalue weighted by molar-refractivity contribution is 5.49. The summed E-state index contributed by atoms with van der Waals surface area (Å²) in [5, 5.41) is 0.